The summed E-state index contributed by atoms with van der Waals surface area (Å²) in [5.41, 5.74) is 4.80. The van der Waals surface area contributed by atoms with Crippen LogP contribution in [-0.4, -0.2) is 28.8 Å². The summed E-state index contributed by atoms with van der Waals surface area (Å²) in [5.74, 6) is -0.376. The molecule has 0 aromatic carbocycles. The van der Waals surface area contributed by atoms with Gasteiger partial charge in [-0.25, -0.2) is 0 Å². The van der Waals surface area contributed by atoms with Gasteiger partial charge in [0.25, 0.3) is 0 Å². The number of nitrogens with two attached hydrogens (primary N) is 1. The molecule has 0 radical (unpaired) electrons. The van der Waals surface area contributed by atoms with E-state index in [-0.39, 0.29) is 17.7 Å². The summed E-state index contributed by atoms with van der Waals surface area (Å²) >= 11 is 0. The first-order valence-electron chi connectivity index (χ1n) is 6.07. The Balaban J connectivity index is 2.98. The van der Waals surface area contributed by atoms with E-state index in [0.29, 0.717) is 19.4 Å². The van der Waals surface area contributed by atoms with Gasteiger partial charge in [-0.2, -0.15) is 0 Å². The zero-order valence-corrected chi connectivity index (χ0v) is 10.5. The standard InChI is InChI=1S/C12H22N2O2/c1-4-6-12(11(13)16)7-5-8-14(12)10(15)9(2)3/h9H,4-8H2,1-3H3,(H2,13,16). The molecule has 92 valence electrons. The Bertz CT molecular complexity index is 289. The third-order valence-corrected chi connectivity index (χ3v) is 3.37. The molecular weight excluding hydrogens is 204 g/mol. The second-order valence-electron chi connectivity index (χ2n) is 4.89. The van der Waals surface area contributed by atoms with Gasteiger partial charge in [0.05, 0.1) is 0 Å². The molecule has 0 aliphatic carbocycles. The molecule has 16 heavy (non-hydrogen) atoms. The number of amides is 2. The first-order chi connectivity index (χ1) is 7.45. The minimum atomic E-state index is -0.712. The maximum atomic E-state index is 12.1. The molecule has 1 heterocycles. The number of primary amides is 1. The first kappa shape index (κ1) is 13.0. The van der Waals surface area contributed by atoms with Crippen molar-refractivity contribution in [1.29, 1.82) is 0 Å². The number of likely N-dealkylation sites (tertiary alicyclic amines) is 1. The van der Waals surface area contributed by atoms with Crippen molar-refractivity contribution >= 4 is 11.8 Å². The van der Waals surface area contributed by atoms with Crippen LogP contribution in [-0.2, 0) is 9.59 Å². The van der Waals surface area contributed by atoms with Gasteiger partial charge >= 0.3 is 0 Å². The Morgan fingerprint density at radius 2 is 2.06 bits per heavy atom. The molecule has 1 rings (SSSR count). The fourth-order valence-electron chi connectivity index (χ4n) is 2.56. The van der Waals surface area contributed by atoms with Gasteiger partial charge in [-0.1, -0.05) is 27.2 Å². The number of carbonyl (C=O) groups excluding carboxylic acids is 2. The topological polar surface area (TPSA) is 63.4 Å². The molecule has 0 aromatic rings. The van der Waals surface area contributed by atoms with Gasteiger partial charge in [-0.05, 0) is 19.3 Å². The van der Waals surface area contributed by atoms with E-state index in [1.54, 1.807) is 4.90 Å². The molecule has 0 spiro atoms. The molecule has 1 fully saturated rings. The van der Waals surface area contributed by atoms with E-state index in [9.17, 15) is 9.59 Å². The second kappa shape index (κ2) is 4.85. The van der Waals surface area contributed by atoms with Crippen LogP contribution in [0.25, 0.3) is 0 Å². The van der Waals surface area contributed by atoms with Gasteiger partial charge < -0.3 is 10.6 Å². The van der Waals surface area contributed by atoms with Crippen molar-refractivity contribution < 1.29 is 9.59 Å². The fourth-order valence-corrected chi connectivity index (χ4v) is 2.56. The number of hydrogen-bond donors (Lipinski definition) is 1. The van der Waals surface area contributed by atoms with E-state index in [2.05, 4.69) is 0 Å². The molecule has 1 atom stereocenters. The molecule has 4 heteroatoms. The number of rotatable bonds is 4. The molecule has 1 saturated heterocycles. The Morgan fingerprint density at radius 3 is 2.50 bits per heavy atom. The highest BCUT2D eigenvalue weighted by Gasteiger charge is 2.47. The van der Waals surface area contributed by atoms with E-state index in [4.69, 9.17) is 5.73 Å². The Kier molecular flexibility index (Phi) is 3.94. The number of hydrogen-bond acceptors (Lipinski definition) is 2. The zero-order chi connectivity index (χ0) is 12.3. The van der Waals surface area contributed by atoms with Gasteiger partial charge in [0, 0.05) is 12.5 Å². The molecule has 4 nitrogen and oxygen atoms in total. The molecule has 0 bridgehead atoms. The average molecular weight is 226 g/mol. The summed E-state index contributed by atoms with van der Waals surface area (Å²) < 4.78 is 0. The summed E-state index contributed by atoms with van der Waals surface area (Å²) in [7, 11) is 0. The van der Waals surface area contributed by atoms with Crippen molar-refractivity contribution in [2.24, 2.45) is 11.7 Å². The van der Waals surface area contributed by atoms with Crippen LogP contribution in [0, 0.1) is 5.92 Å². The van der Waals surface area contributed by atoms with Crippen LogP contribution >= 0.6 is 0 Å². The minimum Gasteiger partial charge on any atom is -0.368 e. The van der Waals surface area contributed by atoms with E-state index in [1.165, 1.54) is 0 Å². The molecule has 1 aliphatic heterocycles. The summed E-state index contributed by atoms with van der Waals surface area (Å²) in [4.78, 5) is 25.4. The summed E-state index contributed by atoms with van der Waals surface area (Å²) in [6.07, 6.45) is 3.14. The molecule has 2 N–H and O–H groups in total. The van der Waals surface area contributed by atoms with Gasteiger partial charge in [-0.15, -0.1) is 0 Å². The highest BCUT2D eigenvalue weighted by atomic mass is 16.2. The van der Waals surface area contributed by atoms with Gasteiger partial charge in [0.1, 0.15) is 5.54 Å². The average Bonchev–Trinajstić information content (AvgIpc) is 2.62. The van der Waals surface area contributed by atoms with Gasteiger partial charge in [0.15, 0.2) is 0 Å². The van der Waals surface area contributed by atoms with Crippen molar-refractivity contribution in [2.75, 3.05) is 6.54 Å². The lowest BCUT2D eigenvalue weighted by molar-refractivity contribution is -0.146. The smallest absolute Gasteiger partial charge is 0.243 e. The van der Waals surface area contributed by atoms with Crippen molar-refractivity contribution in [3.05, 3.63) is 0 Å². The molecular formula is C12H22N2O2. The maximum Gasteiger partial charge on any atom is 0.243 e. The third kappa shape index (κ3) is 2.06. The van der Waals surface area contributed by atoms with Crippen molar-refractivity contribution in [2.45, 2.75) is 52.0 Å². The third-order valence-electron chi connectivity index (χ3n) is 3.37. The molecule has 2 amide bonds. The number of nitrogens with zero attached hydrogens (tertiary/aromatic N) is 1. The highest BCUT2D eigenvalue weighted by molar-refractivity contribution is 5.91. The summed E-state index contributed by atoms with van der Waals surface area (Å²) in [6, 6.07) is 0. The Hall–Kier alpha value is -1.06. The number of carbonyl (C=O) groups is 2. The molecule has 0 aromatic heterocycles. The van der Waals surface area contributed by atoms with Crippen LogP contribution in [0.2, 0.25) is 0 Å². The van der Waals surface area contributed by atoms with E-state index >= 15 is 0 Å². The van der Waals surface area contributed by atoms with Crippen molar-refractivity contribution in [1.82, 2.24) is 4.90 Å². The maximum absolute atomic E-state index is 12.1. The fraction of sp³-hybridized carbons (Fsp3) is 0.833. The Labute approximate surface area is 97.2 Å². The zero-order valence-electron chi connectivity index (χ0n) is 10.5. The van der Waals surface area contributed by atoms with Crippen LogP contribution in [0.5, 0.6) is 0 Å². The predicted octanol–water partition coefficient (Wildman–Crippen LogP) is 1.29. The first-order valence-corrected chi connectivity index (χ1v) is 6.07. The lowest BCUT2D eigenvalue weighted by atomic mass is 9.89. The van der Waals surface area contributed by atoms with Crippen molar-refractivity contribution in [3.63, 3.8) is 0 Å². The molecule has 1 unspecified atom stereocenters. The van der Waals surface area contributed by atoms with Gasteiger partial charge in [-0.3, -0.25) is 9.59 Å². The summed E-state index contributed by atoms with van der Waals surface area (Å²) in [5, 5.41) is 0. The van der Waals surface area contributed by atoms with E-state index in [0.717, 1.165) is 12.8 Å². The lowest BCUT2D eigenvalue weighted by Gasteiger charge is -2.36. The van der Waals surface area contributed by atoms with E-state index in [1.807, 2.05) is 20.8 Å². The normalized spacial score (nSPS) is 25.1. The highest BCUT2D eigenvalue weighted by Crippen LogP contribution is 2.34. The predicted molar refractivity (Wildman–Crippen MR) is 62.6 cm³/mol. The van der Waals surface area contributed by atoms with Crippen molar-refractivity contribution in [3.8, 4) is 0 Å². The Morgan fingerprint density at radius 1 is 1.44 bits per heavy atom. The minimum absolute atomic E-state index is 0.0461. The quantitative estimate of drug-likeness (QED) is 0.785. The second-order valence-corrected chi connectivity index (χ2v) is 4.89. The van der Waals surface area contributed by atoms with Crippen LogP contribution in [0.4, 0.5) is 0 Å². The molecule has 0 saturated carbocycles. The van der Waals surface area contributed by atoms with Crippen LogP contribution < -0.4 is 5.73 Å². The largest absolute Gasteiger partial charge is 0.368 e. The van der Waals surface area contributed by atoms with Gasteiger partial charge in [0.2, 0.25) is 11.8 Å². The van der Waals surface area contributed by atoms with Crippen LogP contribution in [0.3, 0.4) is 0 Å². The van der Waals surface area contributed by atoms with Crippen LogP contribution in [0.15, 0.2) is 0 Å². The van der Waals surface area contributed by atoms with Crippen LogP contribution in [0.1, 0.15) is 46.5 Å². The molecule has 1 aliphatic rings. The SMILES string of the molecule is CCCC1(C(N)=O)CCCN1C(=O)C(C)C. The summed E-state index contributed by atoms with van der Waals surface area (Å²) in [6.45, 7) is 6.40. The monoisotopic (exact) mass is 226 g/mol. The van der Waals surface area contributed by atoms with E-state index < -0.39 is 5.54 Å². The lowest BCUT2D eigenvalue weighted by Crippen LogP contribution is -2.56.